The quantitative estimate of drug-likeness (QED) is 0.296. The Kier molecular flexibility index (Phi) is 8.70. The zero-order chi connectivity index (χ0) is 17.5. The van der Waals surface area contributed by atoms with Crippen molar-refractivity contribution >= 4 is 35.6 Å². The lowest BCUT2D eigenvalue weighted by atomic mass is 10.1. The molecule has 0 amide bonds. The molecule has 3 rings (SSSR count). The fourth-order valence-corrected chi connectivity index (χ4v) is 3.42. The normalized spacial score (nSPS) is 21.0. The fourth-order valence-electron chi connectivity index (χ4n) is 3.42. The Labute approximate surface area is 173 Å². The first-order chi connectivity index (χ1) is 12.2. The summed E-state index contributed by atoms with van der Waals surface area (Å²) in [5.74, 6) is 0.894. The summed E-state index contributed by atoms with van der Waals surface area (Å²) in [4.78, 5) is 6.78. The van der Waals surface area contributed by atoms with E-state index in [1.54, 1.807) is 0 Å². The maximum atomic E-state index is 5.35. The molecule has 0 aliphatic carbocycles. The maximum absolute atomic E-state index is 5.35. The standard InChI is InChI=1S/C18H30N6O.HI/c1-19-18(20-8-5-15-6-10-25-11-7-15)22-16-4-3-9-24(13-16)17-12-21-23(2)14-17;/h6,12,14,16H,3-5,7-11,13H2,1-2H3,(H2,19,20,22);1H. The van der Waals surface area contributed by atoms with Crippen molar-refractivity contribution in [3.63, 3.8) is 0 Å². The molecular weight excluding hydrogens is 443 g/mol. The van der Waals surface area contributed by atoms with Gasteiger partial charge in [-0.05, 0) is 25.7 Å². The molecule has 0 saturated carbocycles. The van der Waals surface area contributed by atoms with E-state index < -0.39 is 0 Å². The zero-order valence-corrected chi connectivity index (χ0v) is 18.1. The lowest BCUT2D eigenvalue weighted by Crippen LogP contribution is -2.51. The van der Waals surface area contributed by atoms with Gasteiger partial charge in [0.25, 0.3) is 0 Å². The van der Waals surface area contributed by atoms with E-state index in [9.17, 15) is 0 Å². The highest BCUT2D eigenvalue weighted by Crippen LogP contribution is 2.19. The van der Waals surface area contributed by atoms with Gasteiger partial charge in [0.15, 0.2) is 5.96 Å². The molecule has 1 aromatic rings. The Hall–Kier alpha value is -1.29. The Morgan fingerprint density at radius 1 is 1.46 bits per heavy atom. The third kappa shape index (κ3) is 6.15. The van der Waals surface area contributed by atoms with Crippen molar-refractivity contribution in [3.8, 4) is 0 Å². The summed E-state index contributed by atoms with van der Waals surface area (Å²) in [5.41, 5.74) is 2.68. The van der Waals surface area contributed by atoms with Crippen molar-refractivity contribution in [2.75, 3.05) is 44.8 Å². The van der Waals surface area contributed by atoms with Gasteiger partial charge in [0.1, 0.15) is 0 Å². The molecule has 146 valence electrons. The Morgan fingerprint density at radius 2 is 2.35 bits per heavy atom. The molecule has 0 aromatic carbocycles. The number of anilines is 1. The van der Waals surface area contributed by atoms with Gasteiger partial charge in [-0.25, -0.2) is 0 Å². The summed E-state index contributed by atoms with van der Waals surface area (Å²) in [6, 6.07) is 0.405. The highest BCUT2D eigenvalue weighted by molar-refractivity contribution is 14.0. The summed E-state index contributed by atoms with van der Waals surface area (Å²) < 4.78 is 7.21. The molecule has 3 heterocycles. The molecular formula is C18H31IN6O. The third-order valence-corrected chi connectivity index (χ3v) is 4.84. The molecule has 26 heavy (non-hydrogen) atoms. The summed E-state index contributed by atoms with van der Waals surface area (Å²) in [5, 5.41) is 11.3. The Bertz CT molecular complexity index is 615. The number of aryl methyl sites for hydroxylation is 1. The van der Waals surface area contributed by atoms with Crippen LogP contribution in [0.5, 0.6) is 0 Å². The van der Waals surface area contributed by atoms with Crippen molar-refractivity contribution < 1.29 is 4.74 Å². The molecule has 1 fully saturated rings. The average Bonchev–Trinajstić information content (AvgIpc) is 3.08. The van der Waals surface area contributed by atoms with E-state index in [4.69, 9.17) is 4.74 Å². The smallest absolute Gasteiger partial charge is 0.191 e. The van der Waals surface area contributed by atoms with Gasteiger partial charge in [-0.1, -0.05) is 11.6 Å². The number of hydrogen-bond acceptors (Lipinski definition) is 4. The van der Waals surface area contributed by atoms with Crippen LogP contribution in [0, 0.1) is 0 Å². The van der Waals surface area contributed by atoms with Crippen LogP contribution < -0.4 is 15.5 Å². The molecule has 2 N–H and O–H groups in total. The minimum Gasteiger partial charge on any atom is -0.377 e. The number of rotatable bonds is 5. The van der Waals surface area contributed by atoms with Gasteiger partial charge >= 0.3 is 0 Å². The lowest BCUT2D eigenvalue weighted by Gasteiger charge is -2.34. The van der Waals surface area contributed by atoms with Gasteiger partial charge in [0, 0.05) is 46.0 Å². The Balaban J connectivity index is 0.00000243. The van der Waals surface area contributed by atoms with Gasteiger partial charge in [-0.3, -0.25) is 9.67 Å². The number of piperidine rings is 1. The number of nitrogens with zero attached hydrogens (tertiary/aromatic N) is 4. The van der Waals surface area contributed by atoms with E-state index in [1.807, 2.05) is 25.0 Å². The second-order valence-electron chi connectivity index (χ2n) is 6.74. The maximum Gasteiger partial charge on any atom is 0.191 e. The first-order valence-corrected chi connectivity index (χ1v) is 9.21. The van der Waals surface area contributed by atoms with Crippen LogP contribution in [0.15, 0.2) is 29.0 Å². The number of ether oxygens (including phenoxy) is 1. The van der Waals surface area contributed by atoms with Crippen LogP contribution in [-0.2, 0) is 11.8 Å². The second kappa shape index (κ2) is 10.8. The highest BCUT2D eigenvalue weighted by Gasteiger charge is 2.21. The molecule has 2 aliphatic rings. The fraction of sp³-hybridized carbons (Fsp3) is 0.667. The minimum absolute atomic E-state index is 0. The van der Waals surface area contributed by atoms with E-state index in [0.717, 1.165) is 51.6 Å². The highest BCUT2D eigenvalue weighted by atomic mass is 127. The number of nitrogens with one attached hydrogen (secondary N) is 2. The van der Waals surface area contributed by atoms with Gasteiger partial charge in [0.2, 0.25) is 0 Å². The van der Waals surface area contributed by atoms with Gasteiger partial charge in [-0.2, -0.15) is 5.10 Å². The van der Waals surface area contributed by atoms with Crippen molar-refractivity contribution in [1.82, 2.24) is 20.4 Å². The Morgan fingerprint density at radius 3 is 3.04 bits per heavy atom. The van der Waals surface area contributed by atoms with Crippen molar-refractivity contribution in [1.29, 1.82) is 0 Å². The largest absolute Gasteiger partial charge is 0.377 e. The van der Waals surface area contributed by atoms with E-state index in [1.165, 1.54) is 24.1 Å². The molecule has 1 saturated heterocycles. The van der Waals surface area contributed by atoms with Crippen LogP contribution in [0.25, 0.3) is 0 Å². The topological polar surface area (TPSA) is 66.7 Å². The van der Waals surface area contributed by atoms with Crippen molar-refractivity contribution in [3.05, 3.63) is 24.0 Å². The van der Waals surface area contributed by atoms with Crippen molar-refractivity contribution in [2.24, 2.45) is 12.0 Å². The number of halogens is 1. The molecule has 0 spiro atoms. The third-order valence-electron chi connectivity index (χ3n) is 4.84. The molecule has 7 nitrogen and oxygen atoms in total. The first-order valence-electron chi connectivity index (χ1n) is 9.21. The van der Waals surface area contributed by atoms with E-state index >= 15 is 0 Å². The van der Waals surface area contributed by atoms with Crippen LogP contribution in [0.1, 0.15) is 25.7 Å². The summed E-state index contributed by atoms with van der Waals surface area (Å²) in [6.07, 6.45) is 10.7. The average molecular weight is 474 g/mol. The number of guanidine groups is 1. The monoisotopic (exact) mass is 474 g/mol. The molecule has 8 heteroatoms. The predicted molar refractivity (Wildman–Crippen MR) is 116 cm³/mol. The minimum atomic E-state index is 0. The van der Waals surface area contributed by atoms with Crippen LogP contribution in [0.4, 0.5) is 5.69 Å². The van der Waals surface area contributed by atoms with E-state index in [-0.39, 0.29) is 24.0 Å². The van der Waals surface area contributed by atoms with Gasteiger partial charge in [-0.15, -0.1) is 24.0 Å². The van der Waals surface area contributed by atoms with E-state index in [0.29, 0.717) is 6.04 Å². The second-order valence-corrected chi connectivity index (χ2v) is 6.74. The molecule has 0 bridgehead atoms. The van der Waals surface area contributed by atoms with E-state index in [2.05, 4.69) is 37.9 Å². The first kappa shape index (κ1) is 21.0. The van der Waals surface area contributed by atoms with Crippen LogP contribution >= 0.6 is 24.0 Å². The van der Waals surface area contributed by atoms with Crippen LogP contribution in [0.2, 0.25) is 0 Å². The molecule has 1 aromatic heterocycles. The number of hydrogen-bond donors (Lipinski definition) is 2. The molecule has 1 unspecified atom stereocenters. The predicted octanol–water partition coefficient (Wildman–Crippen LogP) is 1.91. The lowest BCUT2D eigenvalue weighted by molar-refractivity contribution is 0.153. The molecule has 0 radical (unpaired) electrons. The van der Waals surface area contributed by atoms with Crippen LogP contribution in [0.3, 0.4) is 0 Å². The summed E-state index contributed by atoms with van der Waals surface area (Å²) >= 11 is 0. The molecule has 1 atom stereocenters. The summed E-state index contributed by atoms with van der Waals surface area (Å²) in [6.45, 7) is 4.59. The van der Waals surface area contributed by atoms with Crippen molar-refractivity contribution in [2.45, 2.75) is 31.7 Å². The molecule has 2 aliphatic heterocycles. The number of aliphatic imine (C=N–C) groups is 1. The summed E-state index contributed by atoms with van der Waals surface area (Å²) in [7, 11) is 3.80. The van der Waals surface area contributed by atoms with Crippen LogP contribution in [-0.4, -0.2) is 61.7 Å². The number of aromatic nitrogens is 2. The van der Waals surface area contributed by atoms with Gasteiger partial charge < -0.3 is 20.3 Å². The zero-order valence-electron chi connectivity index (χ0n) is 15.8. The SMILES string of the molecule is CN=C(NCCC1=CCOCC1)NC1CCCN(c2cnn(C)c2)C1.I. The van der Waals surface area contributed by atoms with Gasteiger partial charge in [0.05, 0.1) is 25.1 Å².